The number of hydrogen-bond donors (Lipinski definition) is 1. The zero-order valence-corrected chi connectivity index (χ0v) is 12.3. The third-order valence-corrected chi connectivity index (χ3v) is 5.37. The molecule has 0 amide bonds. The predicted octanol–water partition coefficient (Wildman–Crippen LogP) is 0.549. The first-order valence-electron chi connectivity index (χ1n) is 6.31. The number of sulfonamides is 1. The molecule has 0 saturated carbocycles. The molecule has 6 nitrogen and oxygen atoms in total. The van der Waals surface area contributed by atoms with Crippen molar-refractivity contribution < 1.29 is 13.2 Å². The monoisotopic (exact) mass is 295 g/mol. The van der Waals surface area contributed by atoms with Gasteiger partial charge in [0, 0.05) is 25.7 Å². The van der Waals surface area contributed by atoms with Crippen LogP contribution in [0.3, 0.4) is 0 Å². The molecule has 2 rings (SSSR count). The van der Waals surface area contributed by atoms with Gasteiger partial charge < -0.3 is 10.1 Å². The highest BCUT2D eigenvalue weighted by molar-refractivity contribution is 7.89. The van der Waals surface area contributed by atoms with Crippen molar-refractivity contribution in [3.63, 3.8) is 0 Å². The van der Waals surface area contributed by atoms with Crippen LogP contribution in [0.25, 0.3) is 0 Å². The highest BCUT2D eigenvalue weighted by atomic mass is 32.2. The second-order valence-electron chi connectivity index (χ2n) is 4.65. The highest BCUT2D eigenvalue weighted by Gasteiger charge is 2.33. The maximum absolute atomic E-state index is 12.7. The van der Waals surface area contributed by atoms with Crippen LogP contribution in [0.1, 0.15) is 12.5 Å². The molecule has 0 aromatic heterocycles. The zero-order chi connectivity index (χ0) is 14.8. The second-order valence-corrected chi connectivity index (χ2v) is 6.51. The van der Waals surface area contributed by atoms with E-state index in [0.717, 1.165) is 0 Å². The van der Waals surface area contributed by atoms with Crippen LogP contribution >= 0.6 is 0 Å². The minimum Gasteiger partial charge on any atom is -0.495 e. The quantitative estimate of drug-likeness (QED) is 0.880. The number of nitriles is 1. The summed E-state index contributed by atoms with van der Waals surface area (Å²) in [5.74, 6) is 0.204. The van der Waals surface area contributed by atoms with Gasteiger partial charge in [0.25, 0.3) is 0 Å². The number of piperazine rings is 1. The molecule has 108 valence electrons. The van der Waals surface area contributed by atoms with Gasteiger partial charge in [0.05, 0.1) is 18.7 Å². The third-order valence-electron chi connectivity index (χ3n) is 3.32. The molecule has 1 fully saturated rings. The summed E-state index contributed by atoms with van der Waals surface area (Å²) in [6, 6.07) is 6.22. The van der Waals surface area contributed by atoms with Crippen LogP contribution in [0.5, 0.6) is 5.75 Å². The summed E-state index contributed by atoms with van der Waals surface area (Å²) in [6.45, 7) is 3.53. The Balaban J connectivity index is 2.46. The second kappa shape index (κ2) is 5.79. The number of rotatable bonds is 3. The first-order valence-corrected chi connectivity index (χ1v) is 7.75. The number of nitrogens with zero attached hydrogens (tertiary/aromatic N) is 2. The SMILES string of the molecule is COc1cc(C#N)ccc1S(=O)(=O)N1CCNCC1C. The summed E-state index contributed by atoms with van der Waals surface area (Å²) >= 11 is 0. The normalized spacial score (nSPS) is 20.4. The van der Waals surface area contributed by atoms with E-state index in [1.54, 1.807) is 0 Å². The highest BCUT2D eigenvalue weighted by Crippen LogP contribution is 2.29. The van der Waals surface area contributed by atoms with Crippen molar-refractivity contribution in [3.05, 3.63) is 23.8 Å². The molecule has 20 heavy (non-hydrogen) atoms. The largest absolute Gasteiger partial charge is 0.495 e. The van der Waals surface area contributed by atoms with Crippen LogP contribution in [0, 0.1) is 11.3 Å². The van der Waals surface area contributed by atoms with Crippen molar-refractivity contribution in [1.29, 1.82) is 5.26 Å². The molecule has 0 bridgehead atoms. The van der Waals surface area contributed by atoms with E-state index in [9.17, 15) is 8.42 Å². The number of benzene rings is 1. The standard InChI is InChI=1S/C13H17N3O3S/c1-10-9-15-5-6-16(10)20(17,18)13-4-3-11(8-14)7-12(13)19-2/h3-4,7,10,15H,5-6,9H2,1-2H3. The van der Waals surface area contributed by atoms with Crippen molar-refractivity contribution in [2.75, 3.05) is 26.7 Å². The molecule has 1 atom stereocenters. The Morgan fingerprint density at radius 3 is 2.85 bits per heavy atom. The van der Waals surface area contributed by atoms with Gasteiger partial charge in [-0.1, -0.05) is 0 Å². The van der Waals surface area contributed by atoms with E-state index in [-0.39, 0.29) is 16.7 Å². The van der Waals surface area contributed by atoms with E-state index < -0.39 is 10.0 Å². The number of nitrogens with one attached hydrogen (secondary N) is 1. The van der Waals surface area contributed by atoms with E-state index in [4.69, 9.17) is 10.00 Å². The molecular weight excluding hydrogens is 278 g/mol. The maximum atomic E-state index is 12.7. The predicted molar refractivity (Wildman–Crippen MR) is 73.9 cm³/mol. The molecule has 1 saturated heterocycles. The fourth-order valence-electron chi connectivity index (χ4n) is 2.26. The number of methoxy groups -OCH3 is 1. The van der Waals surface area contributed by atoms with Crippen molar-refractivity contribution in [3.8, 4) is 11.8 Å². The molecule has 0 spiro atoms. The molecule has 1 aliphatic heterocycles. The van der Waals surface area contributed by atoms with Crippen LogP contribution in [0.2, 0.25) is 0 Å². The smallest absolute Gasteiger partial charge is 0.247 e. The van der Waals surface area contributed by atoms with Crippen molar-refractivity contribution >= 4 is 10.0 Å². The average molecular weight is 295 g/mol. The first kappa shape index (κ1) is 14.8. The van der Waals surface area contributed by atoms with Crippen molar-refractivity contribution in [1.82, 2.24) is 9.62 Å². The first-order chi connectivity index (χ1) is 9.50. The molecule has 1 aromatic rings. The van der Waals surface area contributed by atoms with Crippen LogP contribution in [-0.2, 0) is 10.0 Å². The van der Waals surface area contributed by atoms with Gasteiger partial charge in [-0.05, 0) is 25.1 Å². The Bertz CT molecular complexity index is 637. The number of ether oxygens (including phenoxy) is 1. The summed E-state index contributed by atoms with van der Waals surface area (Å²) in [5.41, 5.74) is 0.370. The molecule has 1 heterocycles. The van der Waals surface area contributed by atoms with Crippen LogP contribution < -0.4 is 10.1 Å². The average Bonchev–Trinajstić information content (AvgIpc) is 2.46. The fraction of sp³-hybridized carbons (Fsp3) is 0.462. The van der Waals surface area contributed by atoms with Gasteiger partial charge in [-0.3, -0.25) is 0 Å². The van der Waals surface area contributed by atoms with E-state index in [0.29, 0.717) is 25.2 Å². The molecule has 0 aliphatic carbocycles. The van der Waals surface area contributed by atoms with E-state index in [1.807, 2.05) is 13.0 Å². The Kier molecular flexibility index (Phi) is 4.28. The molecule has 1 aliphatic rings. The number of hydrogen-bond acceptors (Lipinski definition) is 5. The lowest BCUT2D eigenvalue weighted by Gasteiger charge is -2.33. The molecule has 1 unspecified atom stereocenters. The summed E-state index contributed by atoms with van der Waals surface area (Å²) < 4.78 is 32.0. The fourth-order valence-corrected chi connectivity index (χ4v) is 4.03. The van der Waals surface area contributed by atoms with Crippen LogP contribution in [0.15, 0.2) is 23.1 Å². The van der Waals surface area contributed by atoms with E-state index in [2.05, 4.69) is 5.32 Å². The van der Waals surface area contributed by atoms with Gasteiger partial charge >= 0.3 is 0 Å². The molecule has 0 radical (unpaired) electrons. The maximum Gasteiger partial charge on any atom is 0.247 e. The van der Waals surface area contributed by atoms with Gasteiger partial charge in [0.1, 0.15) is 10.6 Å². The Morgan fingerprint density at radius 2 is 2.25 bits per heavy atom. The summed E-state index contributed by atoms with van der Waals surface area (Å²) in [5, 5.41) is 12.0. The molecule has 7 heteroatoms. The van der Waals surface area contributed by atoms with Gasteiger partial charge in [-0.15, -0.1) is 0 Å². The van der Waals surface area contributed by atoms with Gasteiger partial charge in [0.2, 0.25) is 10.0 Å². The summed E-state index contributed by atoms with van der Waals surface area (Å²) in [7, 11) is -2.22. The van der Waals surface area contributed by atoms with Crippen molar-refractivity contribution in [2.24, 2.45) is 0 Å². The topological polar surface area (TPSA) is 82.4 Å². The zero-order valence-electron chi connectivity index (χ0n) is 11.5. The van der Waals surface area contributed by atoms with Gasteiger partial charge in [-0.2, -0.15) is 9.57 Å². The van der Waals surface area contributed by atoms with E-state index in [1.165, 1.54) is 29.6 Å². The Labute approximate surface area is 119 Å². The van der Waals surface area contributed by atoms with Gasteiger partial charge in [-0.25, -0.2) is 8.42 Å². The third kappa shape index (κ3) is 2.63. The Morgan fingerprint density at radius 1 is 1.50 bits per heavy atom. The molecule has 1 N–H and O–H groups in total. The molecular formula is C13H17N3O3S. The van der Waals surface area contributed by atoms with E-state index >= 15 is 0 Å². The van der Waals surface area contributed by atoms with Crippen molar-refractivity contribution in [2.45, 2.75) is 17.9 Å². The van der Waals surface area contributed by atoms with Gasteiger partial charge in [0.15, 0.2) is 0 Å². The summed E-state index contributed by atoms with van der Waals surface area (Å²) in [6.07, 6.45) is 0. The summed E-state index contributed by atoms with van der Waals surface area (Å²) in [4.78, 5) is 0.104. The lowest BCUT2D eigenvalue weighted by atomic mass is 10.2. The Hall–Kier alpha value is -1.62. The lowest BCUT2D eigenvalue weighted by molar-refractivity contribution is 0.282. The minimum atomic E-state index is -3.62. The van der Waals surface area contributed by atoms with Crippen LogP contribution in [-0.4, -0.2) is 45.5 Å². The lowest BCUT2D eigenvalue weighted by Crippen LogP contribution is -2.52. The van der Waals surface area contributed by atoms with Crippen LogP contribution in [0.4, 0.5) is 0 Å². The molecule has 1 aromatic carbocycles. The minimum absolute atomic E-state index is 0.104.